The highest BCUT2D eigenvalue weighted by molar-refractivity contribution is 6.33. The zero-order chi connectivity index (χ0) is 11.7. The quantitative estimate of drug-likeness (QED) is 0.831. The number of halogens is 2. The van der Waals surface area contributed by atoms with Crippen molar-refractivity contribution in [3.63, 3.8) is 0 Å². The van der Waals surface area contributed by atoms with Gasteiger partial charge in [0, 0.05) is 6.04 Å². The van der Waals surface area contributed by atoms with Crippen LogP contribution in [0.1, 0.15) is 23.2 Å². The van der Waals surface area contributed by atoms with Crippen molar-refractivity contribution in [2.24, 2.45) is 0 Å². The fourth-order valence-corrected chi connectivity index (χ4v) is 1.90. The third-order valence-electron chi connectivity index (χ3n) is 2.62. The molecule has 2 rings (SSSR count). The molecular weight excluding hydrogens is 233 g/mol. The molecule has 3 nitrogen and oxygen atoms in total. The van der Waals surface area contributed by atoms with E-state index >= 15 is 0 Å². The monoisotopic (exact) mass is 243 g/mol. The Morgan fingerprint density at radius 3 is 2.75 bits per heavy atom. The van der Waals surface area contributed by atoms with Crippen molar-refractivity contribution in [1.82, 2.24) is 5.32 Å². The predicted octanol–water partition coefficient (Wildman–Crippen LogP) is 1.73. The van der Waals surface area contributed by atoms with E-state index in [0.717, 1.165) is 6.07 Å². The van der Waals surface area contributed by atoms with Crippen molar-refractivity contribution in [1.29, 1.82) is 0 Å². The highest BCUT2D eigenvalue weighted by Gasteiger charge is 2.29. The molecule has 2 N–H and O–H groups in total. The Labute approximate surface area is 97.2 Å². The zero-order valence-corrected chi connectivity index (χ0v) is 9.17. The second-order valence-electron chi connectivity index (χ2n) is 3.92. The lowest BCUT2D eigenvalue weighted by atomic mass is 9.89. The summed E-state index contributed by atoms with van der Waals surface area (Å²) in [5, 5.41) is 11.9. The van der Waals surface area contributed by atoms with Crippen molar-refractivity contribution in [2.45, 2.75) is 25.0 Å². The van der Waals surface area contributed by atoms with Crippen LogP contribution in [0, 0.1) is 5.82 Å². The maximum Gasteiger partial charge on any atom is 0.253 e. The highest BCUT2D eigenvalue weighted by Crippen LogP contribution is 2.22. The molecule has 1 aliphatic rings. The second-order valence-corrected chi connectivity index (χ2v) is 4.33. The first-order chi connectivity index (χ1) is 7.56. The molecule has 0 aliphatic heterocycles. The average Bonchev–Trinajstić information content (AvgIpc) is 2.15. The summed E-state index contributed by atoms with van der Waals surface area (Å²) in [7, 11) is 0. The number of nitrogens with one attached hydrogen (secondary N) is 1. The van der Waals surface area contributed by atoms with Crippen LogP contribution in [0.5, 0.6) is 0 Å². The largest absolute Gasteiger partial charge is 0.393 e. The van der Waals surface area contributed by atoms with E-state index in [1.807, 2.05) is 0 Å². The molecule has 0 aromatic heterocycles. The minimum Gasteiger partial charge on any atom is -0.393 e. The van der Waals surface area contributed by atoms with Gasteiger partial charge in [-0.1, -0.05) is 11.6 Å². The van der Waals surface area contributed by atoms with E-state index < -0.39 is 5.82 Å². The first-order valence-electron chi connectivity index (χ1n) is 5.00. The van der Waals surface area contributed by atoms with Crippen LogP contribution < -0.4 is 5.32 Å². The van der Waals surface area contributed by atoms with E-state index in [1.54, 1.807) is 0 Å². The van der Waals surface area contributed by atoms with Gasteiger partial charge in [-0.3, -0.25) is 4.79 Å². The lowest BCUT2D eigenvalue weighted by Crippen LogP contribution is -2.46. The van der Waals surface area contributed by atoms with Crippen LogP contribution in [0.3, 0.4) is 0 Å². The number of amides is 1. The van der Waals surface area contributed by atoms with Crippen molar-refractivity contribution < 1.29 is 14.3 Å². The Kier molecular flexibility index (Phi) is 3.12. The van der Waals surface area contributed by atoms with Crippen molar-refractivity contribution >= 4 is 17.5 Å². The fourth-order valence-electron chi connectivity index (χ4n) is 1.64. The van der Waals surface area contributed by atoms with Gasteiger partial charge in [0.15, 0.2) is 0 Å². The molecule has 1 aromatic rings. The number of hydrogen-bond donors (Lipinski definition) is 2. The first kappa shape index (κ1) is 11.4. The molecule has 1 aromatic carbocycles. The number of aliphatic hydroxyl groups excluding tert-OH is 1. The van der Waals surface area contributed by atoms with Gasteiger partial charge >= 0.3 is 0 Å². The summed E-state index contributed by atoms with van der Waals surface area (Å²) < 4.78 is 12.8. The summed E-state index contributed by atoms with van der Waals surface area (Å²) >= 11 is 5.75. The number of hydrogen-bond acceptors (Lipinski definition) is 2. The van der Waals surface area contributed by atoms with E-state index in [0.29, 0.717) is 12.8 Å². The standard InChI is InChI=1S/C11H11ClFNO2/c12-10-3-6(13)1-2-9(10)11(16)14-7-4-8(15)5-7/h1-3,7-8,15H,4-5H2,(H,14,16). The molecule has 1 fully saturated rings. The van der Waals surface area contributed by atoms with Gasteiger partial charge in [-0.25, -0.2) is 4.39 Å². The minimum absolute atomic E-state index is 0.0105. The van der Waals surface area contributed by atoms with Gasteiger partial charge in [-0.05, 0) is 31.0 Å². The Balaban J connectivity index is 2.03. The van der Waals surface area contributed by atoms with E-state index in [2.05, 4.69) is 5.32 Å². The SMILES string of the molecule is O=C(NC1CC(O)C1)c1ccc(F)cc1Cl. The summed E-state index contributed by atoms with van der Waals surface area (Å²) in [4.78, 5) is 11.7. The van der Waals surface area contributed by atoms with Gasteiger partial charge in [-0.2, -0.15) is 0 Å². The highest BCUT2D eigenvalue weighted by atomic mass is 35.5. The van der Waals surface area contributed by atoms with E-state index in [9.17, 15) is 9.18 Å². The van der Waals surface area contributed by atoms with E-state index in [1.165, 1.54) is 12.1 Å². The van der Waals surface area contributed by atoms with Crippen LogP contribution in [0.2, 0.25) is 5.02 Å². The number of benzene rings is 1. The van der Waals surface area contributed by atoms with Crippen LogP contribution in [-0.4, -0.2) is 23.2 Å². The molecule has 5 heteroatoms. The van der Waals surface area contributed by atoms with Gasteiger partial charge in [0.05, 0.1) is 16.7 Å². The molecular formula is C11H11ClFNO2. The number of carbonyl (C=O) groups excluding carboxylic acids is 1. The topological polar surface area (TPSA) is 49.3 Å². The number of carbonyl (C=O) groups is 1. The summed E-state index contributed by atoms with van der Waals surface area (Å²) in [5.74, 6) is -0.803. The molecule has 0 spiro atoms. The van der Waals surface area contributed by atoms with E-state index in [-0.39, 0.29) is 28.6 Å². The van der Waals surface area contributed by atoms with Gasteiger partial charge in [0.2, 0.25) is 0 Å². The average molecular weight is 244 g/mol. The van der Waals surface area contributed by atoms with Gasteiger partial charge < -0.3 is 10.4 Å². The van der Waals surface area contributed by atoms with Crippen molar-refractivity contribution in [2.75, 3.05) is 0 Å². The van der Waals surface area contributed by atoms with E-state index in [4.69, 9.17) is 16.7 Å². The lowest BCUT2D eigenvalue weighted by molar-refractivity contribution is 0.0563. The van der Waals surface area contributed by atoms with Crippen LogP contribution >= 0.6 is 11.6 Å². The normalized spacial score (nSPS) is 23.7. The summed E-state index contributed by atoms with van der Waals surface area (Å²) in [5.41, 5.74) is 0.254. The smallest absolute Gasteiger partial charge is 0.253 e. The van der Waals surface area contributed by atoms with Gasteiger partial charge in [-0.15, -0.1) is 0 Å². The molecule has 16 heavy (non-hydrogen) atoms. The third kappa shape index (κ3) is 2.33. The molecule has 86 valence electrons. The maximum atomic E-state index is 12.8. The Hall–Kier alpha value is -1.13. The maximum absolute atomic E-state index is 12.8. The van der Waals surface area contributed by atoms with Gasteiger partial charge in [0.25, 0.3) is 5.91 Å². The molecule has 1 saturated carbocycles. The molecule has 0 atom stereocenters. The molecule has 0 heterocycles. The molecule has 1 aliphatic carbocycles. The Morgan fingerprint density at radius 2 is 2.19 bits per heavy atom. The van der Waals surface area contributed by atoms with Crippen LogP contribution in [0.4, 0.5) is 4.39 Å². The summed E-state index contributed by atoms with van der Waals surface area (Å²) in [6, 6.07) is 3.63. The molecule has 0 bridgehead atoms. The van der Waals surface area contributed by atoms with Crippen molar-refractivity contribution in [3.8, 4) is 0 Å². The van der Waals surface area contributed by atoms with Crippen LogP contribution in [0.15, 0.2) is 18.2 Å². The molecule has 1 amide bonds. The summed E-state index contributed by atoms with van der Waals surface area (Å²) in [6.07, 6.45) is 0.795. The lowest BCUT2D eigenvalue weighted by Gasteiger charge is -2.32. The molecule has 0 saturated heterocycles. The predicted molar refractivity (Wildman–Crippen MR) is 57.9 cm³/mol. The van der Waals surface area contributed by atoms with Gasteiger partial charge in [0.1, 0.15) is 5.82 Å². The fraction of sp³-hybridized carbons (Fsp3) is 0.364. The van der Waals surface area contributed by atoms with Crippen LogP contribution in [0.25, 0.3) is 0 Å². The van der Waals surface area contributed by atoms with Crippen LogP contribution in [-0.2, 0) is 0 Å². The number of aliphatic hydroxyl groups is 1. The van der Waals surface area contributed by atoms with Crippen molar-refractivity contribution in [3.05, 3.63) is 34.6 Å². The zero-order valence-electron chi connectivity index (χ0n) is 8.41. The molecule has 0 unspecified atom stereocenters. The Bertz CT molecular complexity index is 418. The third-order valence-corrected chi connectivity index (χ3v) is 2.94. The summed E-state index contributed by atoms with van der Waals surface area (Å²) in [6.45, 7) is 0. The number of rotatable bonds is 2. The first-order valence-corrected chi connectivity index (χ1v) is 5.38. The Morgan fingerprint density at radius 1 is 1.50 bits per heavy atom. The minimum atomic E-state index is -0.472. The molecule has 0 radical (unpaired) electrons. The second kappa shape index (κ2) is 4.39.